The lowest BCUT2D eigenvalue weighted by Crippen LogP contribution is -2.68. The van der Waals surface area contributed by atoms with Crippen molar-refractivity contribution in [3.63, 3.8) is 0 Å². The van der Waals surface area contributed by atoms with Gasteiger partial charge in [0.05, 0.1) is 12.2 Å². The van der Waals surface area contributed by atoms with Crippen LogP contribution in [0, 0.1) is 0 Å². The summed E-state index contributed by atoms with van der Waals surface area (Å²) in [4.78, 5) is 11.5. The molecule has 0 aromatic rings. The number of aliphatic hydroxyl groups excluding tert-OH is 1. The van der Waals surface area contributed by atoms with Gasteiger partial charge in [-0.3, -0.25) is 4.79 Å². The van der Waals surface area contributed by atoms with Crippen LogP contribution < -0.4 is 0 Å². The summed E-state index contributed by atoms with van der Waals surface area (Å²) in [5.41, 5.74) is 0. The van der Waals surface area contributed by atoms with Gasteiger partial charge in [0.2, 0.25) is 11.6 Å². The van der Waals surface area contributed by atoms with Crippen LogP contribution in [0.25, 0.3) is 0 Å². The van der Waals surface area contributed by atoms with E-state index in [1.807, 2.05) is 0 Å². The van der Waals surface area contributed by atoms with Gasteiger partial charge in [0, 0.05) is 27.1 Å². The Labute approximate surface area is 106 Å². The molecular weight excluding hydrogens is 240 g/mol. The van der Waals surface area contributed by atoms with Crippen LogP contribution >= 0.6 is 0 Å². The number of methoxy groups -OCH3 is 2. The van der Waals surface area contributed by atoms with Crippen LogP contribution in [0.2, 0.25) is 0 Å². The second kappa shape index (κ2) is 4.54. The molecule has 6 nitrogen and oxygen atoms in total. The second-order valence-corrected chi connectivity index (χ2v) is 5.05. The van der Waals surface area contributed by atoms with Gasteiger partial charge in [0.25, 0.3) is 0 Å². The van der Waals surface area contributed by atoms with Crippen molar-refractivity contribution in [2.45, 2.75) is 56.6 Å². The highest BCUT2D eigenvalue weighted by Crippen LogP contribution is 2.42. The number of hydrogen-bond donors (Lipinski definition) is 1. The zero-order chi connectivity index (χ0) is 13.6. The molecule has 0 spiro atoms. The average molecular weight is 260 g/mol. The van der Waals surface area contributed by atoms with Crippen LogP contribution in [0.4, 0.5) is 0 Å². The van der Waals surface area contributed by atoms with Gasteiger partial charge < -0.3 is 24.1 Å². The fraction of sp³-hybridized carbons (Fsp3) is 0.917. The van der Waals surface area contributed by atoms with E-state index in [4.69, 9.17) is 18.9 Å². The van der Waals surface area contributed by atoms with Crippen LogP contribution in [-0.4, -0.2) is 55.0 Å². The van der Waals surface area contributed by atoms with Gasteiger partial charge in [-0.05, 0) is 13.8 Å². The van der Waals surface area contributed by atoms with Crippen LogP contribution in [0.5, 0.6) is 0 Å². The molecule has 0 aromatic carbocycles. The summed E-state index contributed by atoms with van der Waals surface area (Å²) in [5.74, 6) is -2.29. The van der Waals surface area contributed by atoms with E-state index in [-0.39, 0.29) is 18.6 Å². The Morgan fingerprint density at radius 2 is 1.72 bits per heavy atom. The number of carbonyl (C=O) groups is 1. The number of Topliss-reactive ketones (excluding diaryl/α,β-unsaturated/α-hetero) is 1. The SMILES string of the molecule is CO[C@@]1(C)O[C@@H]2CC(=O)C[C@@H](O)[C@H]2O[C@@]1(C)OC. The molecule has 1 aliphatic carbocycles. The smallest absolute Gasteiger partial charge is 0.220 e. The van der Waals surface area contributed by atoms with Crippen molar-refractivity contribution in [1.82, 2.24) is 0 Å². The zero-order valence-corrected chi connectivity index (χ0v) is 11.1. The van der Waals surface area contributed by atoms with Gasteiger partial charge in [-0.2, -0.15) is 0 Å². The van der Waals surface area contributed by atoms with Crippen molar-refractivity contribution < 1.29 is 28.8 Å². The van der Waals surface area contributed by atoms with Crippen LogP contribution in [-0.2, 0) is 23.7 Å². The molecule has 0 unspecified atom stereocenters. The molecule has 0 radical (unpaired) electrons. The van der Waals surface area contributed by atoms with Crippen molar-refractivity contribution in [2.24, 2.45) is 0 Å². The number of aliphatic hydroxyl groups is 1. The molecule has 6 heteroatoms. The predicted molar refractivity (Wildman–Crippen MR) is 60.8 cm³/mol. The fourth-order valence-corrected chi connectivity index (χ4v) is 2.51. The largest absolute Gasteiger partial charge is 0.390 e. The summed E-state index contributed by atoms with van der Waals surface area (Å²) in [5, 5.41) is 9.92. The first-order valence-electron chi connectivity index (χ1n) is 6.01. The number of hydrogen-bond acceptors (Lipinski definition) is 6. The Balaban J connectivity index is 2.27. The molecule has 1 saturated carbocycles. The Morgan fingerprint density at radius 3 is 2.28 bits per heavy atom. The van der Waals surface area contributed by atoms with E-state index in [2.05, 4.69) is 0 Å². The first-order chi connectivity index (χ1) is 8.35. The number of ether oxygens (including phenoxy) is 4. The monoisotopic (exact) mass is 260 g/mol. The Bertz CT molecular complexity index is 345. The Hall–Kier alpha value is -0.530. The lowest BCUT2D eigenvalue weighted by Gasteiger charge is -2.53. The zero-order valence-electron chi connectivity index (χ0n) is 11.1. The molecule has 104 valence electrons. The van der Waals surface area contributed by atoms with E-state index in [0.717, 1.165) is 0 Å². The highest BCUT2D eigenvalue weighted by molar-refractivity contribution is 5.80. The number of carbonyl (C=O) groups excluding carboxylic acids is 1. The van der Waals surface area contributed by atoms with Crippen LogP contribution in [0.3, 0.4) is 0 Å². The van der Waals surface area contributed by atoms with Gasteiger partial charge in [0.1, 0.15) is 11.9 Å². The maximum absolute atomic E-state index is 11.5. The summed E-state index contributed by atoms with van der Waals surface area (Å²) in [6.45, 7) is 3.38. The molecule has 1 saturated heterocycles. The summed E-state index contributed by atoms with van der Waals surface area (Å²) in [7, 11) is 2.98. The third-order valence-electron chi connectivity index (χ3n) is 3.95. The molecular formula is C12H20O6. The maximum atomic E-state index is 11.5. The molecule has 18 heavy (non-hydrogen) atoms. The fourth-order valence-electron chi connectivity index (χ4n) is 2.51. The van der Waals surface area contributed by atoms with Gasteiger partial charge in [0.15, 0.2) is 0 Å². The first-order valence-corrected chi connectivity index (χ1v) is 6.01. The number of fused-ring (bicyclic) bond motifs is 1. The van der Waals surface area contributed by atoms with Crippen molar-refractivity contribution >= 4 is 5.78 Å². The summed E-state index contributed by atoms with van der Waals surface area (Å²) >= 11 is 0. The molecule has 1 heterocycles. The molecule has 5 atom stereocenters. The molecule has 2 fully saturated rings. The Kier molecular flexibility index (Phi) is 3.50. The second-order valence-electron chi connectivity index (χ2n) is 5.05. The van der Waals surface area contributed by atoms with Gasteiger partial charge >= 0.3 is 0 Å². The standard InChI is InChI=1S/C12H20O6/c1-11(15-3)12(2,16-4)18-10-8(14)5-7(13)6-9(10)17-11/h8-10,14H,5-6H2,1-4H3/t8-,9-,10-,11+,12-/m1/s1. The van der Waals surface area contributed by atoms with Crippen molar-refractivity contribution in [3.8, 4) is 0 Å². The lowest BCUT2D eigenvalue weighted by atomic mass is 9.88. The molecule has 1 N–H and O–H groups in total. The van der Waals surface area contributed by atoms with Crippen LogP contribution in [0.1, 0.15) is 26.7 Å². The highest BCUT2D eigenvalue weighted by Gasteiger charge is 2.59. The van der Waals surface area contributed by atoms with E-state index >= 15 is 0 Å². The van der Waals surface area contributed by atoms with E-state index in [1.54, 1.807) is 13.8 Å². The third-order valence-corrected chi connectivity index (χ3v) is 3.95. The van der Waals surface area contributed by atoms with Crippen LogP contribution in [0.15, 0.2) is 0 Å². The summed E-state index contributed by atoms with van der Waals surface area (Å²) in [6.07, 6.45) is -1.63. The van der Waals surface area contributed by atoms with E-state index in [0.29, 0.717) is 0 Å². The minimum absolute atomic E-state index is 0.0353. The van der Waals surface area contributed by atoms with E-state index < -0.39 is 29.9 Å². The van der Waals surface area contributed by atoms with Gasteiger partial charge in [-0.1, -0.05) is 0 Å². The summed E-state index contributed by atoms with van der Waals surface area (Å²) < 4.78 is 22.3. The summed E-state index contributed by atoms with van der Waals surface area (Å²) in [6, 6.07) is 0. The topological polar surface area (TPSA) is 74.2 Å². The van der Waals surface area contributed by atoms with Crippen molar-refractivity contribution in [3.05, 3.63) is 0 Å². The van der Waals surface area contributed by atoms with E-state index in [9.17, 15) is 9.90 Å². The van der Waals surface area contributed by atoms with Gasteiger partial charge in [-0.15, -0.1) is 0 Å². The molecule has 1 aliphatic heterocycles. The highest BCUT2D eigenvalue weighted by atomic mass is 16.8. The first kappa shape index (κ1) is 13.9. The predicted octanol–water partition coefficient (Wildman–Crippen LogP) is 0.219. The molecule has 2 aliphatic rings. The molecule has 0 amide bonds. The van der Waals surface area contributed by atoms with E-state index in [1.165, 1.54) is 14.2 Å². The molecule has 2 rings (SSSR count). The molecule has 0 aromatic heterocycles. The van der Waals surface area contributed by atoms with Gasteiger partial charge in [-0.25, -0.2) is 0 Å². The minimum Gasteiger partial charge on any atom is -0.390 e. The average Bonchev–Trinajstić information content (AvgIpc) is 2.32. The quantitative estimate of drug-likeness (QED) is 0.765. The minimum atomic E-state index is -1.13. The number of rotatable bonds is 2. The Morgan fingerprint density at radius 1 is 1.17 bits per heavy atom. The molecule has 0 bridgehead atoms. The maximum Gasteiger partial charge on any atom is 0.220 e. The van der Waals surface area contributed by atoms with Crippen molar-refractivity contribution in [1.29, 1.82) is 0 Å². The van der Waals surface area contributed by atoms with Crippen molar-refractivity contribution in [2.75, 3.05) is 14.2 Å². The lowest BCUT2D eigenvalue weighted by molar-refractivity contribution is -0.454. The third kappa shape index (κ3) is 1.98. The normalized spacial score (nSPS) is 48.9. The number of ketones is 1.